The van der Waals surface area contributed by atoms with Crippen molar-refractivity contribution >= 4 is 17.7 Å². The van der Waals surface area contributed by atoms with Crippen LogP contribution >= 0.6 is 0 Å². The van der Waals surface area contributed by atoms with Gasteiger partial charge in [0, 0.05) is 24.8 Å². The van der Waals surface area contributed by atoms with Crippen LogP contribution < -0.4 is 5.32 Å². The second-order valence-corrected chi connectivity index (χ2v) is 7.02. The van der Waals surface area contributed by atoms with Crippen LogP contribution in [0.25, 0.3) is 0 Å². The Hall–Kier alpha value is -2.08. The van der Waals surface area contributed by atoms with Crippen LogP contribution in [0.5, 0.6) is 0 Å². The van der Waals surface area contributed by atoms with Gasteiger partial charge in [0.25, 0.3) is 0 Å². The van der Waals surface area contributed by atoms with Crippen LogP contribution in [0, 0.1) is 0 Å². The first-order chi connectivity index (χ1) is 11.3. The molecule has 1 aromatic rings. The van der Waals surface area contributed by atoms with E-state index >= 15 is 0 Å². The largest absolute Gasteiger partial charge is 0.444 e. The van der Waals surface area contributed by atoms with Gasteiger partial charge >= 0.3 is 6.09 Å². The molecule has 0 spiro atoms. The fourth-order valence-corrected chi connectivity index (χ4v) is 2.57. The number of hydrogen-bond acceptors (Lipinski definition) is 4. The van der Waals surface area contributed by atoms with Crippen molar-refractivity contribution in [3.63, 3.8) is 0 Å². The Labute approximate surface area is 143 Å². The molecule has 1 N–H and O–H groups in total. The van der Waals surface area contributed by atoms with E-state index in [-0.39, 0.29) is 18.0 Å². The number of benzene rings is 1. The quantitative estimate of drug-likeness (QED) is 0.899. The number of nitrogens with zero attached hydrogens (tertiary/aromatic N) is 2. The number of likely N-dealkylation sites (tertiary alicyclic amines) is 1. The Morgan fingerprint density at radius 1 is 1.25 bits per heavy atom. The monoisotopic (exact) mass is 333 g/mol. The minimum absolute atomic E-state index is 0.0428. The Morgan fingerprint density at radius 3 is 2.42 bits per heavy atom. The third-order valence-electron chi connectivity index (χ3n) is 3.84. The molecule has 0 atom stereocenters. The number of carbonyl (C=O) groups is 2. The molecule has 0 bridgehead atoms. The lowest BCUT2D eigenvalue weighted by molar-refractivity contribution is -0.118. The van der Waals surface area contributed by atoms with Gasteiger partial charge in [0.1, 0.15) is 5.60 Å². The highest BCUT2D eigenvalue weighted by atomic mass is 16.6. The number of rotatable bonds is 5. The van der Waals surface area contributed by atoms with E-state index in [2.05, 4.69) is 10.2 Å². The van der Waals surface area contributed by atoms with Gasteiger partial charge in [0.15, 0.2) is 0 Å². The van der Waals surface area contributed by atoms with Crippen LogP contribution in [0.2, 0.25) is 0 Å². The molecule has 1 aromatic carbocycles. The van der Waals surface area contributed by atoms with Gasteiger partial charge in [-0.25, -0.2) is 4.79 Å². The summed E-state index contributed by atoms with van der Waals surface area (Å²) in [6, 6.07) is 9.61. The minimum atomic E-state index is -0.484. The van der Waals surface area contributed by atoms with Crippen molar-refractivity contribution in [2.45, 2.75) is 39.3 Å². The van der Waals surface area contributed by atoms with Crippen molar-refractivity contribution in [1.29, 1.82) is 0 Å². The Bertz CT molecular complexity index is 563. The summed E-state index contributed by atoms with van der Waals surface area (Å²) < 4.78 is 5.35. The fraction of sp³-hybridized carbons (Fsp3) is 0.556. The fourth-order valence-electron chi connectivity index (χ4n) is 2.57. The van der Waals surface area contributed by atoms with Crippen molar-refractivity contribution in [3.05, 3.63) is 30.3 Å². The summed E-state index contributed by atoms with van der Waals surface area (Å²) in [5.74, 6) is -0.0428. The van der Waals surface area contributed by atoms with E-state index in [1.165, 1.54) is 0 Å². The highest BCUT2D eigenvalue weighted by Crippen LogP contribution is 2.19. The van der Waals surface area contributed by atoms with E-state index in [1.807, 2.05) is 58.0 Å². The third kappa shape index (κ3) is 5.23. The number of ether oxygens (including phenoxy) is 1. The smallest absolute Gasteiger partial charge is 0.410 e. The lowest BCUT2D eigenvalue weighted by atomic mass is 10.1. The number of para-hydroxylation sites is 1. The van der Waals surface area contributed by atoms with Crippen molar-refractivity contribution < 1.29 is 14.3 Å². The van der Waals surface area contributed by atoms with Crippen LogP contribution in [0.3, 0.4) is 0 Å². The average Bonchev–Trinajstić information content (AvgIpc) is 2.43. The zero-order valence-electron chi connectivity index (χ0n) is 14.9. The van der Waals surface area contributed by atoms with E-state index in [1.54, 1.807) is 4.90 Å². The lowest BCUT2D eigenvalue weighted by Crippen LogP contribution is -2.62. The summed E-state index contributed by atoms with van der Waals surface area (Å²) in [6.07, 6.45) is -0.288. The second kappa shape index (κ2) is 7.66. The predicted octanol–water partition coefficient (Wildman–Crippen LogP) is 2.57. The summed E-state index contributed by atoms with van der Waals surface area (Å²) in [6.45, 7) is 9.86. The van der Waals surface area contributed by atoms with Crippen LogP contribution in [0.15, 0.2) is 30.3 Å². The Balaban J connectivity index is 1.79. The summed E-state index contributed by atoms with van der Waals surface area (Å²) in [4.78, 5) is 27.9. The second-order valence-electron chi connectivity index (χ2n) is 7.02. The standard InChI is InChI=1S/C18H27N3O3/c1-5-20(13-16(22)19-14-9-7-6-8-10-14)15-11-21(12-15)17(23)24-18(2,3)4/h6-10,15H,5,11-13H2,1-4H3,(H,19,22). The molecule has 0 saturated carbocycles. The molecule has 1 aliphatic rings. The molecule has 132 valence electrons. The minimum Gasteiger partial charge on any atom is -0.444 e. The average molecular weight is 333 g/mol. The molecule has 0 radical (unpaired) electrons. The van der Waals surface area contributed by atoms with Gasteiger partial charge in [-0.05, 0) is 39.4 Å². The topological polar surface area (TPSA) is 61.9 Å². The van der Waals surface area contributed by atoms with Crippen molar-refractivity contribution in [1.82, 2.24) is 9.80 Å². The first-order valence-electron chi connectivity index (χ1n) is 8.35. The van der Waals surface area contributed by atoms with Gasteiger partial charge in [0.05, 0.1) is 6.54 Å². The maximum Gasteiger partial charge on any atom is 0.410 e. The number of nitrogens with one attached hydrogen (secondary N) is 1. The molecule has 6 heteroatoms. The molecule has 1 fully saturated rings. The van der Waals surface area contributed by atoms with Gasteiger partial charge in [-0.2, -0.15) is 0 Å². The molecule has 2 rings (SSSR count). The summed E-state index contributed by atoms with van der Waals surface area (Å²) in [5, 5.41) is 2.89. The van der Waals surface area contributed by atoms with E-state index in [9.17, 15) is 9.59 Å². The lowest BCUT2D eigenvalue weighted by Gasteiger charge is -2.44. The summed E-state index contributed by atoms with van der Waals surface area (Å²) >= 11 is 0. The molecule has 0 aromatic heterocycles. The highest BCUT2D eigenvalue weighted by molar-refractivity contribution is 5.92. The van der Waals surface area contributed by atoms with Crippen molar-refractivity contribution in [2.24, 2.45) is 0 Å². The Kier molecular flexibility index (Phi) is 5.83. The van der Waals surface area contributed by atoms with Gasteiger partial charge in [0.2, 0.25) is 5.91 Å². The normalized spacial score (nSPS) is 15.1. The maximum atomic E-state index is 12.2. The summed E-state index contributed by atoms with van der Waals surface area (Å²) in [5.41, 5.74) is 0.310. The number of hydrogen-bond donors (Lipinski definition) is 1. The molecule has 1 heterocycles. The van der Waals surface area contributed by atoms with Gasteiger partial charge in [-0.1, -0.05) is 25.1 Å². The number of carbonyl (C=O) groups excluding carboxylic acids is 2. The van der Waals surface area contributed by atoms with E-state index in [0.717, 1.165) is 12.2 Å². The first kappa shape index (κ1) is 18.3. The zero-order chi connectivity index (χ0) is 17.7. The Morgan fingerprint density at radius 2 is 1.88 bits per heavy atom. The van der Waals surface area contributed by atoms with E-state index < -0.39 is 5.60 Å². The van der Waals surface area contributed by atoms with Crippen LogP contribution in [-0.4, -0.2) is 59.6 Å². The molecule has 0 aliphatic carbocycles. The molecule has 1 saturated heterocycles. The van der Waals surface area contributed by atoms with E-state index in [0.29, 0.717) is 19.6 Å². The van der Waals surface area contributed by atoms with Crippen LogP contribution in [0.4, 0.5) is 10.5 Å². The molecular weight excluding hydrogens is 306 g/mol. The number of anilines is 1. The zero-order valence-corrected chi connectivity index (χ0v) is 14.9. The van der Waals surface area contributed by atoms with Crippen molar-refractivity contribution in [2.75, 3.05) is 31.5 Å². The molecule has 2 amide bonds. The number of likely N-dealkylation sites (N-methyl/N-ethyl adjacent to an activating group) is 1. The van der Waals surface area contributed by atoms with E-state index in [4.69, 9.17) is 4.74 Å². The predicted molar refractivity (Wildman–Crippen MR) is 93.9 cm³/mol. The maximum absolute atomic E-state index is 12.2. The SMILES string of the molecule is CCN(CC(=O)Nc1ccccc1)C1CN(C(=O)OC(C)(C)C)C1. The summed E-state index contributed by atoms with van der Waals surface area (Å²) in [7, 11) is 0. The van der Waals surface area contributed by atoms with Gasteiger partial charge in [-0.3, -0.25) is 9.69 Å². The molecule has 24 heavy (non-hydrogen) atoms. The van der Waals surface area contributed by atoms with Gasteiger partial charge < -0.3 is 15.0 Å². The highest BCUT2D eigenvalue weighted by Gasteiger charge is 2.37. The first-order valence-corrected chi connectivity index (χ1v) is 8.35. The van der Waals surface area contributed by atoms with Crippen LogP contribution in [-0.2, 0) is 9.53 Å². The van der Waals surface area contributed by atoms with Crippen LogP contribution in [0.1, 0.15) is 27.7 Å². The third-order valence-corrected chi connectivity index (χ3v) is 3.84. The number of amides is 2. The molecule has 1 aliphatic heterocycles. The molecule has 6 nitrogen and oxygen atoms in total. The van der Waals surface area contributed by atoms with Gasteiger partial charge in [-0.15, -0.1) is 0 Å². The van der Waals surface area contributed by atoms with Crippen molar-refractivity contribution in [3.8, 4) is 0 Å². The molecular formula is C18H27N3O3. The molecule has 0 unspecified atom stereocenters.